The minimum Gasteiger partial charge on any atom is -0.384 e. The molecule has 5 heteroatoms. The monoisotopic (exact) mass is 297 g/mol. The van der Waals surface area contributed by atoms with Crippen LogP contribution in [-0.4, -0.2) is 29.3 Å². The average molecular weight is 297 g/mol. The van der Waals surface area contributed by atoms with Crippen LogP contribution in [0.4, 0.5) is 5.69 Å². The number of benzene rings is 1. The van der Waals surface area contributed by atoms with Gasteiger partial charge in [-0.2, -0.15) is 0 Å². The van der Waals surface area contributed by atoms with Crippen LogP contribution >= 0.6 is 0 Å². The lowest BCUT2D eigenvalue weighted by Gasteiger charge is -2.29. The predicted octanol–water partition coefficient (Wildman–Crippen LogP) is 1.24. The molecule has 22 heavy (non-hydrogen) atoms. The number of hydrogen-bond acceptors (Lipinski definition) is 4. The number of terminal acetylenes is 1. The van der Waals surface area contributed by atoms with Gasteiger partial charge in [0.15, 0.2) is 0 Å². The molecule has 2 aliphatic rings. The van der Waals surface area contributed by atoms with Gasteiger partial charge in [-0.15, -0.1) is 12.3 Å². The van der Waals surface area contributed by atoms with Crippen molar-refractivity contribution in [2.75, 3.05) is 11.9 Å². The number of rotatable bonds is 4. The fourth-order valence-electron chi connectivity index (χ4n) is 3.13. The Balaban J connectivity index is 1.72. The van der Waals surface area contributed by atoms with Crippen LogP contribution in [0, 0.1) is 12.3 Å². The van der Waals surface area contributed by atoms with Crippen molar-refractivity contribution in [2.24, 2.45) is 0 Å². The van der Waals surface area contributed by atoms with Crippen LogP contribution in [0.2, 0.25) is 0 Å². The molecule has 0 aromatic heterocycles. The van der Waals surface area contributed by atoms with E-state index in [4.69, 9.17) is 6.42 Å². The third-order valence-electron chi connectivity index (χ3n) is 4.24. The van der Waals surface area contributed by atoms with Crippen LogP contribution in [0.5, 0.6) is 0 Å². The van der Waals surface area contributed by atoms with Crippen molar-refractivity contribution >= 4 is 17.5 Å². The van der Waals surface area contributed by atoms with E-state index >= 15 is 0 Å². The van der Waals surface area contributed by atoms with Gasteiger partial charge >= 0.3 is 0 Å². The first kappa shape index (κ1) is 14.6. The summed E-state index contributed by atoms with van der Waals surface area (Å²) in [6, 6.07) is 5.94. The fourth-order valence-corrected chi connectivity index (χ4v) is 3.13. The molecule has 1 aromatic carbocycles. The number of piperidine rings is 1. The maximum absolute atomic E-state index is 12.0. The second-order valence-electron chi connectivity index (χ2n) is 5.70. The first-order valence-electron chi connectivity index (χ1n) is 7.55. The molecule has 0 bridgehead atoms. The fraction of sp³-hybridized carbons (Fsp3) is 0.412. The molecule has 2 N–H and O–H groups in total. The first-order valence-corrected chi connectivity index (χ1v) is 7.55. The van der Waals surface area contributed by atoms with E-state index in [1.165, 1.54) is 11.1 Å². The van der Waals surface area contributed by atoms with E-state index < -0.39 is 0 Å². The number of amides is 2. The molecule has 0 aliphatic carbocycles. The van der Waals surface area contributed by atoms with Crippen LogP contribution in [0.15, 0.2) is 18.2 Å². The van der Waals surface area contributed by atoms with Gasteiger partial charge in [-0.05, 0) is 23.6 Å². The number of nitrogens with one attached hydrogen (secondary N) is 2. The van der Waals surface area contributed by atoms with Crippen molar-refractivity contribution in [3.05, 3.63) is 29.3 Å². The third-order valence-corrected chi connectivity index (χ3v) is 4.24. The molecule has 5 nitrogen and oxygen atoms in total. The maximum Gasteiger partial charge on any atom is 0.243 e. The Morgan fingerprint density at radius 2 is 2.23 bits per heavy atom. The number of fused-ring (bicyclic) bond motifs is 1. The lowest BCUT2D eigenvalue weighted by Crippen LogP contribution is -2.50. The lowest BCUT2D eigenvalue weighted by atomic mass is 10.0. The van der Waals surface area contributed by atoms with Crippen LogP contribution in [0.25, 0.3) is 0 Å². The van der Waals surface area contributed by atoms with Crippen molar-refractivity contribution in [1.82, 2.24) is 10.2 Å². The third kappa shape index (κ3) is 2.83. The zero-order valence-corrected chi connectivity index (χ0v) is 12.4. The summed E-state index contributed by atoms with van der Waals surface area (Å²) in [6.07, 6.45) is 6.97. The highest BCUT2D eigenvalue weighted by molar-refractivity contribution is 6.00. The Bertz CT molecular complexity index is 648. The molecule has 1 fully saturated rings. The predicted molar refractivity (Wildman–Crippen MR) is 83.8 cm³/mol. The molecule has 1 aromatic rings. The largest absolute Gasteiger partial charge is 0.384 e. The zero-order valence-electron chi connectivity index (χ0n) is 12.4. The Morgan fingerprint density at radius 1 is 1.36 bits per heavy atom. The molecule has 0 spiro atoms. The molecular weight excluding hydrogens is 278 g/mol. The number of imide groups is 1. The summed E-state index contributed by atoms with van der Waals surface area (Å²) < 4.78 is 0. The average Bonchev–Trinajstić information content (AvgIpc) is 2.92. The normalized spacial score (nSPS) is 21.1. The number of nitrogens with zero attached hydrogens (tertiary/aromatic N) is 1. The molecule has 0 saturated carbocycles. The number of anilines is 1. The van der Waals surface area contributed by atoms with E-state index in [0.717, 1.165) is 25.3 Å². The SMILES string of the molecule is C#CCCNc1cccc2c1CN(C1CCC(=O)NC1=O)C2. The standard InChI is InChI=1S/C17H19N3O2/c1-2-3-9-18-14-6-4-5-12-10-20(11-13(12)14)15-7-8-16(21)19-17(15)22/h1,4-6,15,18H,3,7-11H2,(H,19,21,22). The van der Waals surface area contributed by atoms with Crippen molar-refractivity contribution < 1.29 is 9.59 Å². The first-order chi connectivity index (χ1) is 10.7. The summed E-state index contributed by atoms with van der Waals surface area (Å²) >= 11 is 0. The molecule has 3 rings (SSSR count). The maximum atomic E-state index is 12.0. The van der Waals surface area contributed by atoms with Crippen molar-refractivity contribution in [3.63, 3.8) is 0 Å². The van der Waals surface area contributed by atoms with Gasteiger partial charge in [0, 0.05) is 38.2 Å². The highest BCUT2D eigenvalue weighted by Crippen LogP contribution is 2.32. The van der Waals surface area contributed by atoms with Gasteiger partial charge in [0.1, 0.15) is 0 Å². The quantitative estimate of drug-likeness (QED) is 0.499. The molecule has 2 heterocycles. The van der Waals surface area contributed by atoms with Crippen LogP contribution in [0.1, 0.15) is 30.4 Å². The van der Waals surface area contributed by atoms with E-state index in [2.05, 4.69) is 27.5 Å². The van der Waals surface area contributed by atoms with E-state index in [9.17, 15) is 9.59 Å². The van der Waals surface area contributed by atoms with E-state index in [-0.39, 0.29) is 17.9 Å². The van der Waals surface area contributed by atoms with Crippen LogP contribution in [0.3, 0.4) is 0 Å². The topological polar surface area (TPSA) is 61.4 Å². The van der Waals surface area contributed by atoms with E-state index in [1.807, 2.05) is 12.1 Å². The summed E-state index contributed by atoms with van der Waals surface area (Å²) in [5.74, 6) is 2.27. The summed E-state index contributed by atoms with van der Waals surface area (Å²) in [5, 5.41) is 5.80. The van der Waals surface area contributed by atoms with Crippen molar-refractivity contribution in [2.45, 2.75) is 38.4 Å². The van der Waals surface area contributed by atoms with Gasteiger partial charge in [-0.25, -0.2) is 0 Å². The van der Waals surface area contributed by atoms with Gasteiger partial charge in [-0.3, -0.25) is 19.8 Å². The molecule has 1 unspecified atom stereocenters. The molecular formula is C17H19N3O2. The smallest absolute Gasteiger partial charge is 0.243 e. The Morgan fingerprint density at radius 3 is 3.00 bits per heavy atom. The van der Waals surface area contributed by atoms with Gasteiger partial charge in [0.05, 0.1) is 6.04 Å². The van der Waals surface area contributed by atoms with Gasteiger partial charge in [-0.1, -0.05) is 12.1 Å². The minimum atomic E-state index is -0.219. The van der Waals surface area contributed by atoms with Gasteiger partial charge < -0.3 is 5.32 Å². The molecule has 1 atom stereocenters. The number of carbonyl (C=O) groups is 2. The summed E-state index contributed by atoms with van der Waals surface area (Å²) in [5.41, 5.74) is 3.54. The van der Waals surface area contributed by atoms with Crippen LogP contribution < -0.4 is 10.6 Å². The minimum absolute atomic E-state index is 0.172. The van der Waals surface area contributed by atoms with Gasteiger partial charge in [0.2, 0.25) is 11.8 Å². The highest BCUT2D eigenvalue weighted by Gasteiger charge is 2.35. The van der Waals surface area contributed by atoms with Gasteiger partial charge in [0.25, 0.3) is 0 Å². The van der Waals surface area contributed by atoms with E-state index in [1.54, 1.807) is 0 Å². The number of carbonyl (C=O) groups excluding carboxylic acids is 2. The summed E-state index contributed by atoms with van der Waals surface area (Å²) in [6.45, 7) is 2.21. The highest BCUT2D eigenvalue weighted by atomic mass is 16.2. The molecule has 2 aliphatic heterocycles. The molecule has 2 amide bonds. The van der Waals surface area contributed by atoms with E-state index in [0.29, 0.717) is 19.3 Å². The number of hydrogen-bond donors (Lipinski definition) is 2. The van der Waals surface area contributed by atoms with Crippen LogP contribution in [-0.2, 0) is 22.7 Å². The zero-order chi connectivity index (χ0) is 15.5. The Hall–Kier alpha value is -2.32. The Kier molecular flexibility index (Phi) is 4.12. The second kappa shape index (κ2) is 6.20. The molecule has 114 valence electrons. The lowest BCUT2D eigenvalue weighted by molar-refractivity contribution is -0.137. The van der Waals surface area contributed by atoms with Crippen molar-refractivity contribution in [1.29, 1.82) is 0 Å². The van der Waals surface area contributed by atoms with Crippen molar-refractivity contribution in [3.8, 4) is 12.3 Å². The molecule has 1 saturated heterocycles. The summed E-state index contributed by atoms with van der Waals surface area (Å²) in [4.78, 5) is 25.4. The summed E-state index contributed by atoms with van der Waals surface area (Å²) in [7, 11) is 0. The molecule has 0 radical (unpaired) electrons. The Labute approximate surface area is 130 Å². The second-order valence-corrected chi connectivity index (χ2v) is 5.70.